The summed E-state index contributed by atoms with van der Waals surface area (Å²) in [6, 6.07) is 3.67. The van der Waals surface area contributed by atoms with Gasteiger partial charge < -0.3 is 9.47 Å². The van der Waals surface area contributed by atoms with Gasteiger partial charge in [-0.2, -0.15) is 0 Å². The Kier molecular flexibility index (Phi) is 21.6. The van der Waals surface area contributed by atoms with E-state index in [0.717, 1.165) is 11.5 Å². The Morgan fingerprint density at radius 1 is 0.913 bits per heavy atom. The van der Waals surface area contributed by atoms with Crippen LogP contribution in [0.4, 0.5) is 0 Å². The zero-order valence-corrected chi connectivity index (χ0v) is 15.9. The van der Waals surface area contributed by atoms with Crippen LogP contribution >= 0.6 is 0 Å². The minimum Gasteiger partial charge on any atom is 0 e. The van der Waals surface area contributed by atoms with Crippen LogP contribution in [0.2, 0.25) is 19.6 Å². The van der Waals surface area contributed by atoms with Crippen molar-refractivity contribution in [1.29, 1.82) is 0 Å². The standard InChI is InChI=1S/C12H18O3Si.3CO.Cr/c1-14-10-6-9(8-13)12(16(3,4)5)7-11(10)15-2;3*1-2;/h6-8H,1-5H3;;;;. The van der Waals surface area contributed by atoms with Gasteiger partial charge in [0.05, 0.1) is 22.3 Å². The van der Waals surface area contributed by atoms with Gasteiger partial charge in [-0.25, -0.2) is 0 Å². The summed E-state index contributed by atoms with van der Waals surface area (Å²) in [5, 5.41) is 1.10. The van der Waals surface area contributed by atoms with Crippen molar-refractivity contribution in [3.63, 3.8) is 0 Å². The number of aldehydes is 1. The van der Waals surface area contributed by atoms with E-state index in [2.05, 4.69) is 39.6 Å². The monoisotopic (exact) mass is 374 g/mol. The molecule has 6 nitrogen and oxygen atoms in total. The Hall–Kier alpha value is -1.54. The topological polar surface area (TPSA) is 95.2 Å². The van der Waals surface area contributed by atoms with E-state index in [1.807, 2.05) is 6.07 Å². The second-order valence-corrected chi connectivity index (χ2v) is 9.70. The number of methoxy groups -OCH3 is 2. The van der Waals surface area contributed by atoms with Gasteiger partial charge in [-0.15, -0.1) is 0 Å². The van der Waals surface area contributed by atoms with Crippen LogP contribution in [-0.4, -0.2) is 28.6 Å². The molecule has 0 aliphatic carbocycles. The molecule has 1 aromatic carbocycles. The predicted octanol–water partition coefficient (Wildman–Crippen LogP) is 1.95. The molecule has 0 aliphatic heterocycles. The molecule has 0 heterocycles. The molecule has 124 valence electrons. The smallest absolute Gasteiger partial charge is 0 e. The summed E-state index contributed by atoms with van der Waals surface area (Å²) in [5.41, 5.74) is 0.705. The summed E-state index contributed by atoms with van der Waals surface area (Å²) in [6.45, 7) is 20.1. The summed E-state index contributed by atoms with van der Waals surface area (Å²) in [4.78, 5) is 11.1. The molecule has 0 radical (unpaired) electrons. The fourth-order valence-electron chi connectivity index (χ4n) is 1.64. The Morgan fingerprint density at radius 3 is 1.52 bits per heavy atom. The van der Waals surface area contributed by atoms with Gasteiger partial charge in [-0.1, -0.05) is 19.6 Å². The maximum Gasteiger partial charge on any atom is 0 e. The molecular weight excluding hydrogens is 356 g/mol. The first-order valence-corrected chi connectivity index (χ1v) is 9.27. The number of carbonyl (C=O) groups excluding carboxylic acids is 1. The molecule has 0 amide bonds. The minimum absolute atomic E-state index is 0. The third kappa shape index (κ3) is 9.96. The fraction of sp³-hybridized carbons (Fsp3) is 0.333. The van der Waals surface area contributed by atoms with Crippen LogP contribution in [0.3, 0.4) is 0 Å². The molecule has 1 rings (SSSR count). The van der Waals surface area contributed by atoms with Crippen LogP contribution in [0.15, 0.2) is 12.1 Å². The second kappa shape index (κ2) is 16.8. The van der Waals surface area contributed by atoms with E-state index in [4.69, 9.17) is 23.4 Å². The summed E-state index contributed by atoms with van der Waals surface area (Å²) in [7, 11) is 1.62. The summed E-state index contributed by atoms with van der Waals surface area (Å²) in [6.07, 6.45) is 0.884. The first-order chi connectivity index (χ1) is 10.4. The molecule has 0 bridgehead atoms. The van der Waals surface area contributed by atoms with E-state index >= 15 is 0 Å². The van der Waals surface area contributed by atoms with Crippen LogP contribution in [0, 0.1) is 20.0 Å². The van der Waals surface area contributed by atoms with Gasteiger partial charge in [0.1, 0.15) is 6.29 Å². The van der Waals surface area contributed by atoms with Gasteiger partial charge in [-0.05, 0) is 17.3 Å². The quantitative estimate of drug-likeness (QED) is 0.349. The molecular formula is C15H18CrO6Si. The van der Waals surface area contributed by atoms with Crippen molar-refractivity contribution in [2.24, 2.45) is 0 Å². The molecule has 23 heavy (non-hydrogen) atoms. The molecule has 0 saturated carbocycles. The molecule has 0 N–H and O–H groups in total. The molecule has 0 aromatic heterocycles. The maximum absolute atomic E-state index is 11.1. The third-order valence-electron chi connectivity index (χ3n) is 2.49. The average Bonchev–Trinajstić information content (AvgIpc) is 2.58. The van der Waals surface area contributed by atoms with E-state index < -0.39 is 8.07 Å². The molecule has 0 aliphatic rings. The van der Waals surface area contributed by atoms with E-state index in [9.17, 15) is 4.79 Å². The molecule has 0 atom stereocenters. The van der Waals surface area contributed by atoms with Gasteiger partial charge in [0.15, 0.2) is 11.5 Å². The van der Waals surface area contributed by atoms with E-state index in [0.29, 0.717) is 17.1 Å². The number of hydrogen-bond donors (Lipinski definition) is 0. The van der Waals surface area contributed by atoms with Crippen LogP contribution in [0.5, 0.6) is 11.5 Å². The Balaban J connectivity index is -0.000000231. The SMILES string of the molecule is COc1cc(C=O)c([Si](C)(C)C)cc1OC.[C-]#[O+].[C-]#[O+].[C-]#[O+].[Cr]. The average molecular weight is 374 g/mol. The number of carbonyl (C=O) groups is 1. The number of rotatable bonds is 4. The van der Waals surface area contributed by atoms with Crippen molar-refractivity contribution in [3.8, 4) is 11.5 Å². The summed E-state index contributed by atoms with van der Waals surface area (Å²) in [5.74, 6) is 1.29. The Morgan fingerprint density at radius 2 is 1.26 bits per heavy atom. The normalized spacial score (nSPS) is 7.96. The van der Waals surface area contributed by atoms with Gasteiger partial charge in [0, 0.05) is 22.9 Å². The minimum atomic E-state index is -1.55. The zero-order valence-electron chi connectivity index (χ0n) is 13.6. The van der Waals surface area contributed by atoms with Crippen LogP contribution in [-0.2, 0) is 31.3 Å². The summed E-state index contributed by atoms with van der Waals surface area (Å²) < 4.78 is 32.9. The molecule has 0 saturated heterocycles. The van der Waals surface area contributed by atoms with E-state index in [1.54, 1.807) is 20.3 Å². The van der Waals surface area contributed by atoms with Crippen LogP contribution in [0.25, 0.3) is 0 Å². The van der Waals surface area contributed by atoms with Crippen LogP contribution in [0.1, 0.15) is 10.4 Å². The maximum atomic E-state index is 11.1. The van der Waals surface area contributed by atoms with Crippen molar-refractivity contribution in [1.82, 2.24) is 0 Å². The van der Waals surface area contributed by atoms with Crippen molar-refractivity contribution in [3.05, 3.63) is 37.6 Å². The van der Waals surface area contributed by atoms with Gasteiger partial charge in [-0.3, -0.25) is 4.79 Å². The predicted molar refractivity (Wildman–Crippen MR) is 79.7 cm³/mol. The van der Waals surface area contributed by atoms with Gasteiger partial charge in [0.25, 0.3) is 0 Å². The largest absolute Gasteiger partial charge is 0 e. The molecule has 0 fully saturated rings. The molecule has 1 aromatic rings. The Labute approximate surface area is 148 Å². The summed E-state index contributed by atoms with van der Waals surface area (Å²) >= 11 is 0. The number of benzene rings is 1. The van der Waals surface area contributed by atoms with Crippen molar-refractivity contribution in [2.45, 2.75) is 19.6 Å². The van der Waals surface area contributed by atoms with E-state index in [1.165, 1.54) is 0 Å². The third-order valence-corrected chi connectivity index (χ3v) is 4.54. The van der Waals surface area contributed by atoms with Gasteiger partial charge >= 0.3 is 33.9 Å². The van der Waals surface area contributed by atoms with Crippen LogP contribution < -0.4 is 14.7 Å². The van der Waals surface area contributed by atoms with E-state index in [-0.39, 0.29) is 17.4 Å². The van der Waals surface area contributed by atoms with Gasteiger partial charge in [0.2, 0.25) is 0 Å². The zero-order chi connectivity index (χ0) is 18.3. The van der Waals surface area contributed by atoms with Crippen molar-refractivity contribution in [2.75, 3.05) is 14.2 Å². The van der Waals surface area contributed by atoms with Crippen molar-refractivity contribution < 1.29 is 45.6 Å². The molecule has 0 spiro atoms. The molecule has 8 heteroatoms. The van der Waals surface area contributed by atoms with Crippen molar-refractivity contribution >= 4 is 19.5 Å². The first kappa shape index (κ1) is 29.5. The first-order valence-electron chi connectivity index (χ1n) is 5.77. The molecule has 0 unspecified atom stereocenters. The Bertz CT molecular complexity index is 503. The second-order valence-electron chi connectivity index (χ2n) is 4.66. The number of hydrogen-bond acceptors (Lipinski definition) is 3. The number of ether oxygens (including phenoxy) is 2. The fourth-order valence-corrected chi connectivity index (χ4v) is 3.20.